The Morgan fingerprint density at radius 2 is 2.40 bits per heavy atom. The number of anilines is 2. The summed E-state index contributed by atoms with van der Waals surface area (Å²) < 4.78 is 5.22. The number of amides is 1. The van der Waals surface area contributed by atoms with Gasteiger partial charge in [0.1, 0.15) is 0 Å². The van der Waals surface area contributed by atoms with Crippen LogP contribution in [-0.4, -0.2) is 36.7 Å². The number of unbranched alkanes of at least 4 members (excludes halogenated alkanes) is 1. The van der Waals surface area contributed by atoms with Crippen molar-refractivity contribution in [3.8, 4) is 0 Å². The third-order valence-corrected chi connectivity index (χ3v) is 3.43. The highest BCUT2D eigenvalue weighted by Gasteiger charge is 2.27. The average Bonchev–Trinajstić information content (AvgIpc) is 2.87. The molecule has 1 aliphatic rings. The number of nitrogens with one attached hydrogen (secondary N) is 1. The van der Waals surface area contributed by atoms with Crippen LogP contribution in [0.15, 0.2) is 24.3 Å². The molecule has 1 aliphatic heterocycles. The van der Waals surface area contributed by atoms with E-state index < -0.39 is 0 Å². The summed E-state index contributed by atoms with van der Waals surface area (Å²) in [7, 11) is 0. The van der Waals surface area contributed by atoms with Crippen LogP contribution in [0.3, 0.4) is 0 Å². The molecule has 0 bridgehead atoms. The molecule has 2 rings (SSSR count). The van der Waals surface area contributed by atoms with Crippen LogP contribution in [0.2, 0.25) is 0 Å². The van der Waals surface area contributed by atoms with E-state index >= 15 is 0 Å². The molecule has 1 aromatic rings. The third-order valence-electron chi connectivity index (χ3n) is 3.43. The summed E-state index contributed by atoms with van der Waals surface area (Å²) in [6.07, 6.45) is 2.69. The molecule has 0 radical (unpaired) electrons. The van der Waals surface area contributed by atoms with Crippen LogP contribution in [0.5, 0.6) is 0 Å². The highest BCUT2D eigenvalue weighted by molar-refractivity contribution is 5.68. The Kier molecular flexibility index (Phi) is 5.09. The quantitative estimate of drug-likeness (QED) is 0.641. The number of nitrogens with two attached hydrogens (primary N) is 1. The fourth-order valence-corrected chi connectivity index (χ4v) is 2.30. The topological polar surface area (TPSA) is 67.6 Å². The van der Waals surface area contributed by atoms with E-state index in [1.807, 2.05) is 24.3 Å². The van der Waals surface area contributed by atoms with Gasteiger partial charge in [-0.15, -0.1) is 0 Å². The lowest BCUT2D eigenvalue weighted by Gasteiger charge is -2.17. The molecule has 0 spiro atoms. The largest absolute Gasteiger partial charge is 0.449 e. The predicted octanol–water partition coefficient (Wildman–Crippen LogP) is 2.69. The van der Waals surface area contributed by atoms with Gasteiger partial charge < -0.3 is 20.7 Å². The monoisotopic (exact) mass is 277 g/mol. The Morgan fingerprint density at radius 3 is 3.15 bits per heavy atom. The molecule has 3 N–H and O–H groups in total. The molecule has 5 nitrogen and oxygen atoms in total. The van der Waals surface area contributed by atoms with Crippen molar-refractivity contribution in [2.45, 2.75) is 32.2 Å². The van der Waals surface area contributed by atoms with Gasteiger partial charge in [0.15, 0.2) is 0 Å². The van der Waals surface area contributed by atoms with E-state index in [0.29, 0.717) is 13.2 Å². The molecule has 1 amide bonds. The fourth-order valence-electron chi connectivity index (χ4n) is 2.30. The smallest absolute Gasteiger partial charge is 0.409 e. The fraction of sp³-hybridized carbons (Fsp3) is 0.533. The number of hydrogen-bond acceptors (Lipinski definition) is 4. The van der Waals surface area contributed by atoms with E-state index in [0.717, 1.165) is 37.2 Å². The van der Waals surface area contributed by atoms with E-state index in [4.69, 9.17) is 10.5 Å². The zero-order valence-corrected chi connectivity index (χ0v) is 12.0. The van der Waals surface area contributed by atoms with E-state index in [2.05, 4.69) is 12.2 Å². The third kappa shape index (κ3) is 4.05. The van der Waals surface area contributed by atoms with Crippen LogP contribution >= 0.6 is 0 Å². The number of rotatable bonds is 5. The van der Waals surface area contributed by atoms with Crippen molar-refractivity contribution in [2.75, 3.05) is 30.7 Å². The maximum absolute atomic E-state index is 11.8. The van der Waals surface area contributed by atoms with Gasteiger partial charge in [0.2, 0.25) is 0 Å². The van der Waals surface area contributed by atoms with Crippen LogP contribution in [0, 0.1) is 0 Å². The molecule has 0 aromatic heterocycles. The summed E-state index contributed by atoms with van der Waals surface area (Å²) >= 11 is 0. The normalized spacial score (nSPS) is 18.1. The Labute approximate surface area is 120 Å². The number of ether oxygens (including phenoxy) is 1. The standard InChI is InChI=1S/C15H23N3O2/c1-2-3-9-20-15(19)18-8-7-14(11-18)17-13-6-4-5-12(16)10-13/h4-6,10,14,17H,2-3,7-9,11,16H2,1H3. The number of benzene rings is 1. The molecule has 0 aliphatic carbocycles. The van der Waals surface area contributed by atoms with Crippen LogP contribution in [0.4, 0.5) is 16.2 Å². The zero-order valence-electron chi connectivity index (χ0n) is 12.0. The van der Waals surface area contributed by atoms with Crippen LogP contribution in [-0.2, 0) is 4.74 Å². The second-order valence-electron chi connectivity index (χ2n) is 5.17. The van der Waals surface area contributed by atoms with E-state index in [-0.39, 0.29) is 12.1 Å². The summed E-state index contributed by atoms with van der Waals surface area (Å²) in [5.74, 6) is 0. The van der Waals surface area contributed by atoms with Crippen molar-refractivity contribution in [2.24, 2.45) is 0 Å². The summed E-state index contributed by atoms with van der Waals surface area (Å²) in [5, 5.41) is 3.40. The first kappa shape index (κ1) is 14.5. The minimum atomic E-state index is -0.199. The molecule has 1 saturated heterocycles. The van der Waals surface area contributed by atoms with Crippen molar-refractivity contribution in [3.05, 3.63) is 24.3 Å². The number of nitrogens with zero attached hydrogens (tertiary/aromatic N) is 1. The number of carbonyl (C=O) groups excluding carboxylic acids is 1. The molecule has 110 valence electrons. The first-order valence-corrected chi connectivity index (χ1v) is 7.23. The maximum atomic E-state index is 11.8. The molecule has 1 fully saturated rings. The summed E-state index contributed by atoms with van der Waals surface area (Å²) in [6, 6.07) is 7.93. The van der Waals surface area contributed by atoms with Gasteiger partial charge in [-0.2, -0.15) is 0 Å². The first-order chi connectivity index (χ1) is 9.69. The predicted molar refractivity (Wildman–Crippen MR) is 80.7 cm³/mol. The minimum absolute atomic E-state index is 0.199. The highest BCUT2D eigenvalue weighted by Crippen LogP contribution is 2.18. The molecule has 1 heterocycles. The molecule has 1 atom stereocenters. The lowest BCUT2D eigenvalue weighted by molar-refractivity contribution is 0.109. The Morgan fingerprint density at radius 1 is 1.55 bits per heavy atom. The van der Waals surface area contributed by atoms with E-state index in [1.165, 1.54) is 0 Å². The van der Waals surface area contributed by atoms with Crippen LogP contribution in [0.25, 0.3) is 0 Å². The second kappa shape index (κ2) is 7.03. The van der Waals surface area contributed by atoms with Crippen molar-refractivity contribution in [1.82, 2.24) is 4.90 Å². The van der Waals surface area contributed by atoms with Gasteiger partial charge in [-0.05, 0) is 31.0 Å². The Balaban J connectivity index is 1.78. The molecule has 20 heavy (non-hydrogen) atoms. The van der Waals surface area contributed by atoms with Gasteiger partial charge in [-0.25, -0.2) is 4.79 Å². The minimum Gasteiger partial charge on any atom is -0.449 e. The summed E-state index contributed by atoms with van der Waals surface area (Å²) in [5.41, 5.74) is 7.49. The van der Waals surface area contributed by atoms with Crippen LogP contribution in [0.1, 0.15) is 26.2 Å². The zero-order chi connectivity index (χ0) is 14.4. The van der Waals surface area contributed by atoms with Crippen LogP contribution < -0.4 is 11.1 Å². The summed E-state index contributed by atoms with van der Waals surface area (Å²) in [4.78, 5) is 13.6. The van der Waals surface area contributed by atoms with E-state index in [9.17, 15) is 4.79 Å². The summed E-state index contributed by atoms with van der Waals surface area (Å²) in [6.45, 7) is 4.01. The number of likely N-dealkylation sites (tertiary alicyclic amines) is 1. The maximum Gasteiger partial charge on any atom is 0.409 e. The molecule has 1 unspecified atom stereocenters. The Hall–Kier alpha value is -1.91. The van der Waals surface area contributed by atoms with Gasteiger partial charge >= 0.3 is 6.09 Å². The number of carbonyl (C=O) groups is 1. The van der Waals surface area contributed by atoms with Crippen molar-refractivity contribution < 1.29 is 9.53 Å². The van der Waals surface area contributed by atoms with Gasteiger partial charge in [0.05, 0.1) is 6.61 Å². The lowest BCUT2D eigenvalue weighted by atomic mass is 10.2. The first-order valence-electron chi connectivity index (χ1n) is 7.23. The second-order valence-corrected chi connectivity index (χ2v) is 5.17. The molecule has 5 heteroatoms. The van der Waals surface area contributed by atoms with Gasteiger partial charge in [-0.1, -0.05) is 19.4 Å². The van der Waals surface area contributed by atoms with Crippen molar-refractivity contribution in [1.29, 1.82) is 0 Å². The van der Waals surface area contributed by atoms with Gasteiger partial charge in [-0.3, -0.25) is 0 Å². The van der Waals surface area contributed by atoms with Gasteiger partial charge in [0, 0.05) is 30.5 Å². The SMILES string of the molecule is CCCCOC(=O)N1CCC(Nc2cccc(N)c2)C1. The number of hydrogen-bond donors (Lipinski definition) is 2. The average molecular weight is 277 g/mol. The lowest BCUT2D eigenvalue weighted by Crippen LogP contribution is -2.32. The van der Waals surface area contributed by atoms with Crippen molar-refractivity contribution >= 4 is 17.5 Å². The number of nitrogen functional groups attached to an aromatic ring is 1. The van der Waals surface area contributed by atoms with Gasteiger partial charge in [0.25, 0.3) is 0 Å². The highest BCUT2D eigenvalue weighted by atomic mass is 16.6. The van der Waals surface area contributed by atoms with E-state index in [1.54, 1.807) is 4.90 Å². The Bertz CT molecular complexity index is 450. The molecule has 1 aromatic carbocycles. The molecular formula is C15H23N3O2. The molecule has 0 saturated carbocycles. The molecular weight excluding hydrogens is 254 g/mol. The van der Waals surface area contributed by atoms with Crippen molar-refractivity contribution in [3.63, 3.8) is 0 Å².